The molecule has 1 saturated carbocycles. The molecule has 0 amide bonds. The van der Waals surface area contributed by atoms with Gasteiger partial charge in [0, 0.05) is 34.5 Å². The first-order valence-corrected chi connectivity index (χ1v) is 11.3. The number of para-hydroxylation sites is 2. The molecule has 1 heterocycles. The molecule has 158 valence electrons. The van der Waals surface area contributed by atoms with Crippen LogP contribution in [0.2, 0.25) is 0 Å². The topological polar surface area (TPSA) is 95.3 Å². The van der Waals surface area contributed by atoms with Crippen LogP contribution >= 0.6 is 23.4 Å². The van der Waals surface area contributed by atoms with E-state index in [9.17, 15) is 20.0 Å². The molecule has 2 aromatic rings. The van der Waals surface area contributed by atoms with Crippen molar-refractivity contribution < 1.29 is 14.8 Å². The van der Waals surface area contributed by atoms with Gasteiger partial charge in [0.05, 0.1) is 21.2 Å². The molecule has 5 atom stereocenters. The third kappa shape index (κ3) is 3.54. The van der Waals surface area contributed by atoms with Crippen molar-refractivity contribution >= 4 is 40.7 Å². The van der Waals surface area contributed by atoms with Gasteiger partial charge in [-0.3, -0.25) is 10.1 Å². The fraction of sp³-hybridized carbons (Fsp3) is 0.409. The van der Waals surface area contributed by atoms with Crippen LogP contribution in [0.3, 0.4) is 0 Å². The number of benzene rings is 2. The van der Waals surface area contributed by atoms with Gasteiger partial charge in [-0.2, -0.15) is 0 Å². The molecule has 4 rings (SSSR count). The predicted molar refractivity (Wildman–Crippen MR) is 116 cm³/mol. The van der Waals surface area contributed by atoms with Gasteiger partial charge < -0.3 is 15.2 Å². The molecule has 1 aliphatic heterocycles. The maximum Gasteiger partial charge on any atom is 0.282 e. The summed E-state index contributed by atoms with van der Waals surface area (Å²) < 4.78 is 0. The summed E-state index contributed by atoms with van der Waals surface area (Å²) in [6.45, 7) is 4.21. The highest BCUT2D eigenvalue weighted by Crippen LogP contribution is 2.56. The Labute approximate surface area is 184 Å². The van der Waals surface area contributed by atoms with Crippen molar-refractivity contribution in [3.05, 3.63) is 63.7 Å². The first-order chi connectivity index (χ1) is 14.3. The fourth-order valence-corrected chi connectivity index (χ4v) is 6.83. The quantitative estimate of drug-likeness (QED) is 0.419. The minimum atomic E-state index is -1.21. The molecular weight excluding hydrogens is 424 g/mol. The number of halogens is 1. The fourth-order valence-electron chi connectivity index (χ4n) is 4.88. The summed E-state index contributed by atoms with van der Waals surface area (Å²) in [5.41, 5.74) is 1.72. The predicted octanol–water partition coefficient (Wildman–Crippen LogP) is 4.28. The van der Waals surface area contributed by atoms with Gasteiger partial charge in [0.1, 0.15) is 0 Å². The maximum absolute atomic E-state index is 11.7. The van der Waals surface area contributed by atoms with Crippen LogP contribution in [-0.2, 0) is 0 Å². The SMILES string of the molecule is CC(C)[C@H]1Nc2c(C(=O)[O-])cccc2[C@H]2[C@@H](Cl)[C@@H](Sc3ccccc3[N+](=O)[O-])C[C@H]21. The average Bonchev–Trinajstić information content (AvgIpc) is 3.03. The van der Waals surface area contributed by atoms with Crippen LogP contribution in [-0.4, -0.2) is 27.6 Å². The smallest absolute Gasteiger partial charge is 0.282 e. The summed E-state index contributed by atoms with van der Waals surface area (Å²) in [7, 11) is 0. The second kappa shape index (κ2) is 8.12. The standard InChI is InChI=1S/C22H23ClN2O4S/c1-11(2)20-14-10-17(30-16-9-4-3-8-15(16)25(28)29)19(23)18(14)12-6-5-7-13(22(26)27)21(12)24-20/h3-9,11,14,17-20,24H,10H2,1-2H3,(H,26,27)/p-1/t14-,17+,18-,19+,20-/m1/s1. The van der Waals surface area contributed by atoms with Gasteiger partial charge in [0.15, 0.2) is 0 Å². The van der Waals surface area contributed by atoms with Gasteiger partial charge in [-0.25, -0.2) is 0 Å². The number of rotatable bonds is 5. The van der Waals surface area contributed by atoms with Crippen molar-refractivity contribution in [3.8, 4) is 0 Å². The van der Waals surface area contributed by atoms with Crippen molar-refractivity contribution in [1.29, 1.82) is 0 Å². The number of carboxylic acids is 1. The number of nitro benzene ring substituents is 1. The van der Waals surface area contributed by atoms with E-state index in [1.54, 1.807) is 30.3 Å². The Bertz CT molecular complexity index is 999. The van der Waals surface area contributed by atoms with Crippen LogP contribution in [0, 0.1) is 22.0 Å². The number of hydrogen-bond acceptors (Lipinski definition) is 6. The van der Waals surface area contributed by atoms with Gasteiger partial charge in [0.2, 0.25) is 0 Å². The van der Waals surface area contributed by atoms with Crippen molar-refractivity contribution in [3.63, 3.8) is 0 Å². The van der Waals surface area contributed by atoms with E-state index in [4.69, 9.17) is 11.6 Å². The summed E-state index contributed by atoms with van der Waals surface area (Å²) >= 11 is 8.43. The zero-order valence-corrected chi connectivity index (χ0v) is 18.2. The molecule has 0 bridgehead atoms. The molecule has 2 aromatic carbocycles. The number of aromatic carboxylic acids is 1. The number of anilines is 1. The number of nitrogens with one attached hydrogen (secondary N) is 1. The molecule has 1 fully saturated rings. The van der Waals surface area contributed by atoms with Crippen LogP contribution in [0.15, 0.2) is 47.4 Å². The zero-order chi connectivity index (χ0) is 21.6. The minimum Gasteiger partial charge on any atom is -0.545 e. The third-order valence-electron chi connectivity index (χ3n) is 6.17. The van der Waals surface area contributed by atoms with Crippen molar-refractivity contribution in [2.24, 2.45) is 11.8 Å². The van der Waals surface area contributed by atoms with E-state index in [1.165, 1.54) is 17.8 Å². The average molecular weight is 446 g/mol. The van der Waals surface area contributed by atoms with Gasteiger partial charge in [-0.1, -0.05) is 44.2 Å². The first-order valence-electron chi connectivity index (χ1n) is 9.94. The number of hydrogen-bond donors (Lipinski definition) is 1. The van der Waals surface area contributed by atoms with Gasteiger partial charge in [-0.05, 0) is 29.9 Å². The number of nitrogens with zero attached hydrogens (tertiary/aromatic N) is 1. The maximum atomic E-state index is 11.7. The Morgan fingerprint density at radius 1 is 1.23 bits per heavy atom. The third-order valence-corrected chi connectivity index (χ3v) is 8.28. The lowest BCUT2D eigenvalue weighted by Gasteiger charge is -2.41. The molecule has 1 N–H and O–H groups in total. The first kappa shape index (κ1) is 21.0. The highest BCUT2D eigenvalue weighted by atomic mass is 35.5. The molecule has 8 heteroatoms. The summed E-state index contributed by atoms with van der Waals surface area (Å²) in [6, 6.07) is 12.0. The molecule has 0 aromatic heterocycles. The van der Waals surface area contributed by atoms with E-state index in [0.29, 0.717) is 10.6 Å². The molecule has 0 saturated heterocycles. The Morgan fingerprint density at radius 2 is 1.97 bits per heavy atom. The molecule has 6 nitrogen and oxygen atoms in total. The van der Waals surface area contributed by atoms with Crippen molar-refractivity contribution in [2.75, 3.05) is 5.32 Å². The Balaban J connectivity index is 1.72. The number of carbonyl (C=O) groups is 1. The number of carboxylic acid groups (broad SMARTS) is 1. The number of thioether (sulfide) groups is 1. The molecule has 0 spiro atoms. The van der Waals surface area contributed by atoms with Gasteiger partial charge >= 0.3 is 0 Å². The van der Waals surface area contributed by atoms with E-state index in [1.807, 2.05) is 6.07 Å². The van der Waals surface area contributed by atoms with Crippen LogP contribution in [0.25, 0.3) is 0 Å². The number of nitro groups is 1. The van der Waals surface area contributed by atoms with E-state index in [2.05, 4.69) is 19.2 Å². The molecular formula is C22H22ClN2O4S-. The lowest BCUT2D eigenvalue weighted by Crippen LogP contribution is -2.41. The van der Waals surface area contributed by atoms with Gasteiger partial charge in [0.25, 0.3) is 5.69 Å². The molecule has 2 aliphatic rings. The largest absolute Gasteiger partial charge is 0.545 e. The van der Waals surface area contributed by atoms with Crippen LogP contribution in [0.1, 0.15) is 42.1 Å². The monoisotopic (exact) mass is 445 g/mol. The van der Waals surface area contributed by atoms with Crippen molar-refractivity contribution in [2.45, 2.75) is 47.8 Å². The normalized spacial score (nSPS) is 27.3. The van der Waals surface area contributed by atoms with E-state index in [0.717, 1.165) is 12.0 Å². The second-order valence-electron chi connectivity index (χ2n) is 8.22. The van der Waals surface area contributed by atoms with E-state index < -0.39 is 5.97 Å². The summed E-state index contributed by atoms with van der Waals surface area (Å²) in [4.78, 5) is 23.3. The highest BCUT2D eigenvalue weighted by Gasteiger charge is 2.50. The molecule has 0 radical (unpaired) electrons. The number of carbonyl (C=O) groups excluding carboxylic acids is 1. The second-order valence-corrected chi connectivity index (χ2v) is 10.0. The zero-order valence-electron chi connectivity index (χ0n) is 16.6. The Kier molecular flexibility index (Phi) is 5.68. The summed E-state index contributed by atoms with van der Waals surface area (Å²) in [5.74, 6) is -0.776. The van der Waals surface area contributed by atoms with Gasteiger partial charge in [-0.15, -0.1) is 23.4 Å². The summed E-state index contributed by atoms with van der Waals surface area (Å²) in [5, 5.41) is 26.3. The van der Waals surface area contributed by atoms with Crippen LogP contribution < -0.4 is 10.4 Å². The highest BCUT2D eigenvalue weighted by molar-refractivity contribution is 8.00. The minimum absolute atomic E-state index is 0.0247. The van der Waals surface area contributed by atoms with E-state index in [-0.39, 0.29) is 50.6 Å². The van der Waals surface area contributed by atoms with Crippen LogP contribution in [0.5, 0.6) is 0 Å². The number of alkyl halides is 1. The summed E-state index contributed by atoms with van der Waals surface area (Å²) in [6.07, 6.45) is 0.792. The van der Waals surface area contributed by atoms with Crippen molar-refractivity contribution in [1.82, 2.24) is 0 Å². The van der Waals surface area contributed by atoms with Crippen LogP contribution in [0.4, 0.5) is 11.4 Å². The molecule has 1 aliphatic carbocycles. The van der Waals surface area contributed by atoms with E-state index >= 15 is 0 Å². The molecule has 30 heavy (non-hydrogen) atoms. The lowest BCUT2D eigenvalue weighted by molar-refractivity contribution is -0.387. The number of fused-ring (bicyclic) bond motifs is 3. The lowest BCUT2D eigenvalue weighted by atomic mass is 9.75. The molecule has 0 unspecified atom stereocenters. The Morgan fingerprint density at radius 3 is 2.63 bits per heavy atom. The Hall–Kier alpha value is -2.25.